The van der Waals surface area contributed by atoms with Crippen LogP contribution in [-0.2, 0) is 19.1 Å². The zero-order chi connectivity index (χ0) is 22.2. The summed E-state index contributed by atoms with van der Waals surface area (Å²) in [7, 11) is 0. The van der Waals surface area contributed by atoms with Crippen molar-refractivity contribution < 1.29 is 19.1 Å². The largest absolute Gasteiger partial charge is 0.462 e. The molecule has 8 nitrogen and oxygen atoms in total. The van der Waals surface area contributed by atoms with Gasteiger partial charge in [-0.2, -0.15) is 5.26 Å². The Hall–Kier alpha value is -3.31. The van der Waals surface area contributed by atoms with Gasteiger partial charge in [-0.15, -0.1) is 0 Å². The first kappa shape index (κ1) is 21.4. The summed E-state index contributed by atoms with van der Waals surface area (Å²) in [4.78, 5) is 39.0. The molecule has 0 radical (unpaired) electrons. The average Bonchev–Trinajstić information content (AvgIpc) is 2.98. The Kier molecular flexibility index (Phi) is 5.59. The summed E-state index contributed by atoms with van der Waals surface area (Å²) in [6, 6.07) is 6.60. The van der Waals surface area contributed by atoms with E-state index in [4.69, 9.17) is 27.8 Å². The third-order valence-electron chi connectivity index (χ3n) is 5.33. The van der Waals surface area contributed by atoms with Gasteiger partial charge >= 0.3 is 5.97 Å². The Morgan fingerprint density at radius 2 is 1.87 bits per heavy atom. The van der Waals surface area contributed by atoms with Crippen molar-refractivity contribution in [3.63, 3.8) is 0 Å². The lowest BCUT2D eigenvalue weighted by atomic mass is 9.68. The predicted octanol–water partition coefficient (Wildman–Crippen LogP) is 1.36. The second-order valence-electron chi connectivity index (χ2n) is 7.51. The molecule has 0 bridgehead atoms. The minimum absolute atomic E-state index is 0.123. The average molecular weight is 429 g/mol. The number of benzene rings is 1. The van der Waals surface area contributed by atoms with E-state index in [9.17, 15) is 19.6 Å². The molecule has 30 heavy (non-hydrogen) atoms. The minimum Gasteiger partial charge on any atom is -0.462 e. The Morgan fingerprint density at radius 3 is 2.37 bits per heavy atom. The van der Waals surface area contributed by atoms with Crippen LogP contribution in [0.15, 0.2) is 48.2 Å². The smallest absolute Gasteiger partial charge is 0.329 e. The van der Waals surface area contributed by atoms with E-state index < -0.39 is 47.3 Å². The first-order valence-corrected chi connectivity index (χ1v) is 9.65. The number of carbonyl (C=O) groups excluding carboxylic acids is 3. The SMILES string of the molecule is CC(C)OC(=O)[C@]1(C#N)[C@H](c2ccc(Cl)cc2)[C@H](C(N)=O)N2C=C(C(N)=O)C=C[C@@H]21. The molecular formula is C21H21ClN4O4. The van der Waals surface area contributed by atoms with Gasteiger partial charge in [-0.25, -0.2) is 0 Å². The first-order valence-electron chi connectivity index (χ1n) is 9.27. The van der Waals surface area contributed by atoms with Gasteiger partial charge in [0.25, 0.3) is 0 Å². The zero-order valence-corrected chi connectivity index (χ0v) is 17.2. The molecule has 1 saturated heterocycles. The van der Waals surface area contributed by atoms with E-state index in [0.29, 0.717) is 10.6 Å². The van der Waals surface area contributed by atoms with E-state index in [0.717, 1.165) is 0 Å². The summed E-state index contributed by atoms with van der Waals surface area (Å²) in [6.45, 7) is 3.33. The maximum absolute atomic E-state index is 13.3. The molecule has 1 aromatic rings. The molecule has 0 spiro atoms. The molecule has 9 heteroatoms. The lowest BCUT2D eigenvalue weighted by Gasteiger charge is -2.33. The highest BCUT2D eigenvalue weighted by molar-refractivity contribution is 6.30. The third kappa shape index (κ3) is 3.31. The molecule has 1 aromatic carbocycles. The maximum Gasteiger partial charge on any atom is 0.329 e. The van der Waals surface area contributed by atoms with Crippen molar-refractivity contribution in [2.45, 2.75) is 38.0 Å². The fourth-order valence-electron chi connectivity index (χ4n) is 4.14. The van der Waals surface area contributed by atoms with Crippen LogP contribution in [0.5, 0.6) is 0 Å². The van der Waals surface area contributed by atoms with Gasteiger partial charge in [0, 0.05) is 17.1 Å². The van der Waals surface area contributed by atoms with Crippen LogP contribution < -0.4 is 11.5 Å². The van der Waals surface area contributed by atoms with E-state index in [1.54, 1.807) is 38.1 Å². The number of nitrogens with two attached hydrogens (primary N) is 2. The number of hydrogen-bond donors (Lipinski definition) is 2. The lowest BCUT2D eigenvalue weighted by molar-refractivity contribution is -0.157. The van der Waals surface area contributed by atoms with Gasteiger partial charge in [0.15, 0.2) is 5.41 Å². The third-order valence-corrected chi connectivity index (χ3v) is 5.58. The number of nitriles is 1. The summed E-state index contributed by atoms with van der Waals surface area (Å²) in [5.74, 6) is -3.22. The predicted molar refractivity (Wildman–Crippen MR) is 108 cm³/mol. The number of primary amides is 2. The van der Waals surface area contributed by atoms with Gasteiger partial charge in [-0.3, -0.25) is 14.4 Å². The van der Waals surface area contributed by atoms with E-state index in [-0.39, 0.29) is 5.57 Å². The van der Waals surface area contributed by atoms with Gasteiger partial charge < -0.3 is 21.1 Å². The molecule has 0 unspecified atom stereocenters. The molecule has 0 saturated carbocycles. The number of carbonyl (C=O) groups is 3. The highest BCUT2D eigenvalue weighted by Crippen LogP contribution is 2.53. The number of amides is 2. The Morgan fingerprint density at radius 1 is 1.23 bits per heavy atom. The number of esters is 1. The van der Waals surface area contributed by atoms with E-state index >= 15 is 0 Å². The Labute approximate surface area is 178 Å². The van der Waals surface area contributed by atoms with Crippen LogP contribution >= 0.6 is 11.6 Å². The fraction of sp³-hybridized carbons (Fsp3) is 0.333. The van der Waals surface area contributed by atoms with Crippen molar-refractivity contribution >= 4 is 29.4 Å². The van der Waals surface area contributed by atoms with Crippen LogP contribution in [0.4, 0.5) is 0 Å². The normalized spacial score (nSPS) is 27.2. The molecule has 4 atom stereocenters. The van der Waals surface area contributed by atoms with Crippen molar-refractivity contribution in [3.05, 3.63) is 58.8 Å². The lowest BCUT2D eigenvalue weighted by Crippen LogP contribution is -2.46. The highest BCUT2D eigenvalue weighted by Gasteiger charge is 2.66. The first-order chi connectivity index (χ1) is 14.1. The second kappa shape index (κ2) is 7.84. The van der Waals surface area contributed by atoms with Crippen LogP contribution in [0.2, 0.25) is 5.02 Å². The fourth-order valence-corrected chi connectivity index (χ4v) is 4.26. The number of nitrogens with zero attached hydrogens (tertiary/aromatic N) is 2. The van der Waals surface area contributed by atoms with Crippen molar-refractivity contribution in [1.82, 2.24) is 4.90 Å². The number of halogens is 1. The van der Waals surface area contributed by atoms with E-state index in [1.165, 1.54) is 23.3 Å². The molecule has 2 aliphatic heterocycles. The summed E-state index contributed by atoms with van der Waals surface area (Å²) in [6.07, 6.45) is 3.82. The van der Waals surface area contributed by atoms with Gasteiger partial charge in [0.1, 0.15) is 6.04 Å². The highest BCUT2D eigenvalue weighted by atomic mass is 35.5. The second-order valence-corrected chi connectivity index (χ2v) is 7.95. The summed E-state index contributed by atoms with van der Waals surface area (Å²) < 4.78 is 5.44. The molecule has 2 aliphatic rings. The molecule has 3 rings (SSSR count). The van der Waals surface area contributed by atoms with Crippen molar-refractivity contribution in [3.8, 4) is 6.07 Å². The molecular weight excluding hydrogens is 408 g/mol. The Bertz CT molecular complexity index is 995. The monoisotopic (exact) mass is 428 g/mol. The molecule has 4 N–H and O–H groups in total. The quantitative estimate of drug-likeness (QED) is 0.678. The van der Waals surface area contributed by atoms with Crippen LogP contribution in [0.25, 0.3) is 0 Å². The standard InChI is InChI=1S/C21H21ClN4O4/c1-11(2)30-20(29)21(10-23)15-8-5-13(18(24)27)9-26(15)17(19(25)28)16(21)12-3-6-14(22)7-4-12/h3-9,11,15-17H,1-2H3,(H2,24,27)(H2,25,28)/t15-,16-,17-,21+/m1/s1. The summed E-state index contributed by atoms with van der Waals surface area (Å²) in [5, 5.41) is 10.7. The van der Waals surface area contributed by atoms with Crippen LogP contribution in [0.3, 0.4) is 0 Å². The van der Waals surface area contributed by atoms with Crippen LogP contribution in [0, 0.1) is 16.7 Å². The van der Waals surface area contributed by atoms with Crippen LogP contribution in [-0.4, -0.2) is 40.9 Å². The maximum atomic E-state index is 13.3. The molecule has 1 fully saturated rings. The zero-order valence-electron chi connectivity index (χ0n) is 16.4. The van der Waals surface area contributed by atoms with E-state index in [1.807, 2.05) is 0 Å². The van der Waals surface area contributed by atoms with Gasteiger partial charge in [0.2, 0.25) is 11.8 Å². The van der Waals surface area contributed by atoms with Gasteiger partial charge in [-0.1, -0.05) is 29.8 Å². The summed E-state index contributed by atoms with van der Waals surface area (Å²) in [5.41, 5.74) is 9.95. The van der Waals surface area contributed by atoms with Crippen molar-refractivity contribution in [2.75, 3.05) is 0 Å². The molecule has 2 heterocycles. The summed E-state index contributed by atoms with van der Waals surface area (Å²) >= 11 is 6.00. The van der Waals surface area contributed by atoms with Gasteiger partial charge in [0.05, 0.1) is 23.8 Å². The molecule has 0 aliphatic carbocycles. The molecule has 2 amide bonds. The molecule has 156 valence electrons. The number of ether oxygens (including phenoxy) is 1. The van der Waals surface area contributed by atoms with Crippen molar-refractivity contribution in [2.24, 2.45) is 16.9 Å². The van der Waals surface area contributed by atoms with Crippen LogP contribution in [0.1, 0.15) is 25.3 Å². The van der Waals surface area contributed by atoms with Gasteiger partial charge in [-0.05, 0) is 37.6 Å². The molecule has 0 aromatic heterocycles. The number of hydrogen-bond acceptors (Lipinski definition) is 6. The topological polar surface area (TPSA) is 140 Å². The number of rotatable bonds is 5. The minimum atomic E-state index is -1.80. The number of fused-ring (bicyclic) bond motifs is 1. The van der Waals surface area contributed by atoms with Crippen molar-refractivity contribution in [1.29, 1.82) is 5.26 Å². The Balaban J connectivity index is 2.28. The van der Waals surface area contributed by atoms with E-state index in [2.05, 4.69) is 6.07 Å².